The van der Waals surface area contributed by atoms with Gasteiger partial charge >= 0.3 is 5.97 Å². The number of aromatic nitrogens is 1. The third-order valence-corrected chi connectivity index (χ3v) is 5.22. The van der Waals surface area contributed by atoms with Crippen LogP contribution in [-0.2, 0) is 19.4 Å². The minimum atomic E-state index is -0.899. The summed E-state index contributed by atoms with van der Waals surface area (Å²) in [4.78, 5) is 12.1. The zero-order valence-electron chi connectivity index (χ0n) is 13.0. The van der Waals surface area contributed by atoms with Crippen molar-refractivity contribution in [1.82, 2.24) is 4.57 Å². The van der Waals surface area contributed by atoms with Crippen LogP contribution in [-0.4, -0.2) is 15.6 Å². The van der Waals surface area contributed by atoms with Crippen molar-refractivity contribution in [3.05, 3.63) is 86.3 Å². The summed E-state index contributed by atoms with van der Waals surface area (Å²) in [6.45, 7) is 0.872. The Bertz CT molecular complexity index is 880. The maximum Gasteiger partial charge on any atom is 0.335 e. The van der Waals surface area contributed by atoms with E-state index in [-0.39, 0.29) is 0 Å². The second kappa shape index (κ2) is 7.55. The molecule has 0 bridgehead atoms. The predicted octanol–water partition coefficient (Wildman–Crippen LogP) is 4.81. The van der Waals surface area contributed by atoms with Crippen LogP contribution in [0.2, 0.25) is 0 Å². The number of carboxylic acid groups (broad SMARTS) is 1. The summed E-state index contributed by atoms with van der Waals surface area (Å²) in [7, 11) is 0. The Morgan fingerprint density at radius 2 is 1.75 bits per heavy atom. The summed E-state index contributed by atoms with van der Waals surface area (Å²) in [6, 6.07) is 17.4. The smallest absolute Gasteiger partial charge is 0.335 e. The molecule has 0 radical (unpaired) electrons. The van der Waals surface area contributed by atoms with E-state index in [4.69, 9.17) is 17.3 Å². The quantitative estimate of drug-likeness (QED) is 0.645. The Morgan fingerprint density at radius 1 is 1.04 bits per heavy atom. The van der Waals surface area contributed by atoms with Crippen LogP contribution in [0, 0.1) is 3.95 Å². The van der Waals surface area contributed by atoms with E-state index >= 15 is 0 Å². The fraction of sp³-hybridized carbons (Fsp3) is 0.158. The summed E-state index contributed by atoms with van der Waals surface area (Å²) in [5, 5.41) is 8.94. The van der Waals surface area contributed by atoms with Crippen LogP contribution in [0.4, 0.5) is 0 Å². The number of rotatable bonds is 6. The van der Waals surface area contributed by atoms with E-state index in [0.717, 1.165) is 28.9 Å². The Kier molecular flexibility index (Phi) is 5.23. The molecule has 1 heterocycles. The molecular weight excluding hydrogens is 338 g/mol. The average molecular weight is 355 g/mol. The number of aromatic carboxylic acids is 1. The molecule has 0 spiro atoms. The zero-order chi connectivity index (χ0) is 16.9. The molecule has 122 valence electrons. The third kappa shape index (κ3) is 4.19. The topological polar surface area (TPSA) is 42.2 Å². The van der Waals surface area contributed by atoms with E-state index in [2.05, 4.69) is 35.0 Å². The van der Waals surface area contributed by atoms with Gasteiger partial charge < -0.3 is 9.67 Å². The molecule has 0 amide bonds. The number of aryl methyl sites for hydroxylation is 2. The first-order valence-electron chi connectivity index (χ1n) is 7.67. The lowest BCUT2D eigenvalue weighted by molar-refractivity contribution is 0.0697. The lowest BCUT2D eigenvalue weighted by Crippen LogP contribution is -1.99. The van der Waals surface area contributed by atoms with Crippen LogP contribution in [0.3, 0.4) is 0 Å². The monoisotopic (exact) mass is 355 g/mol. The van der Waals surface area contributed by atoms with Crippen LogP contribution in [0.15, 0.2) is 60.8 Å². The molecule has 0 aliphatic rings. The average Bonchev–Trinajstić information content (AvgIpc) is 2.94. The summed E-state index contributed by atoms with van der Waals surface area (Å²) < 4.78 is 3.00. The van der Waals surface area contributed by atoms with Gasteiger partial charge in [-0.15, -0.1) is 11.3 Å². The number of hydrogen-bond donors (Lipinski definition) is 1. The molecule has 1 aromatic heterocycles. The SMILES string of the molecule is O=C(O)c1ccc(Cc2cn(CCc3ccccc3)c(=S)s2)cc1. The predicted molar refractivity (Wildman–Crippen MR) is 99.5 cm³/mol. The first kappa shape index (κ1) is 16.6. The van der Waals surface area contributed by atoms with E-state index in [9.17, 15) is 4.79 Å². The molecule has 0 atom stereocenters. The second-order valence-electron chi connectivity index (χ2n) is 5.57. The van der Waals surface area contributed by atoms with Gasteiger partial charge in [0.25, 0.3) is 0 Å². The minimum absolute atomic E-state index is 0.312. The summed E-state index contributed by atoms with van der Waals surface area (Å²) in [5.41, 5.74) is 2.70. The molecule has 0 saturated heterocycles. The van der Waals surface area contributed by atoms with E-state index in [1.54, 1.807) is 23.5 Å². The van der Waals surface area contributed by atoms with Crippen molar-refractivity contribution in [1.29, 1.82) is 0 Å². The highest BCUT2D eigenvalue weighted by atomic mass is 32.1. The maximum absolute atomic E-state index is 10.9. The molecule has 3 rings (SSSR count). The van der Waals surface area contributed by atoms with E-state index in [1.165, 1.54) is 10.4 Å². The number of carbonyl (C=O) groups is 1. The highest BCUT2D eigenvalue weighted by Crippen LogP contribution is 2.18. The van der Waals surface area contributed by atoms with Gasteiger partial charge in [0.05, 0.1) is 5.56 Å². The Balaban J connectivity index is 1.67. The van der Waals surface area contributed by atoms with Crippen LogP contribution in [0.5, 0.6) is 0 Å². The van der Waals surface area contributed by atoms with E-state index < -0.39 is 5.97 Å². The zero-order valence-corrected chi connectivity index (χ0v) is 14.6. The highest BCUT2D eigenvalue weighted by Gasteiger charge is 2.06. The fourth-order valence-corrected chi connectivity index (χ4v) is 3.89. The van der Waals surface area contributed by atoms with Gasteiger partial charge in [-0.3, -0.25) is 0 Å². The van der Waals surface area contributed by atoms with Gasteiger partial charge in [0, 0.05) is 24.0 Å². The van der Waals surface area contributed by atoms with Gasteiger partial charge in [0.1, 0.15) is 0 Å². The number of hydrogen-bond acceptors (Lipinski definition) is 3. The van der Waals surface area contributed by atoms with Gasteiger partial charge in [-0.1, -0.05) is 42.5 Å². The van der Waals surface area contributed by atoms with Crippen molar-refractivity contribution in [3.63, 3.8) is 0 Å². The van der Waals surface area contributed by atoms with Crippen molar-refractivity contribution in [3.8, 4) is 0 Å². The van der Waals surface area contributed by atoms with Gasteiger partial charge in [-0.2, -0.15) is 0 Å². The number of benzene rings is 2. The molecule has 24 heavy (non-hydrogen) atoms. The molecule has 0 aliphatic heterocycles. The minimum Gasteiger partial charge on any atom is -0.478 e. The Labute approximate surface area is 149 Å². The Hall–Kier alpha value is -2.24. The van der Waals surface area contributed by atoms with Crippen molar-refractivity contribution >= 4 is 29.5 Å². The molecule has 2 aromatic carbocycles. The van der Waals surface area contributed by atoms with Crippen molar-refractivity contribution in [2.24, 2.45) is 0 Å². The summed E-state index contributed by atoms with van der Waals surface area (Å²) in [6.07, 6.45) is 3.84. The van der Waals surface area contributed by atoms with Gasteiger partial charge in [-0.05, 0) is 41.9 Å². The molecule has 0 aliphatic carbocycles. The third-order valence-electron chi connectivity index (χ3n) is 3.82. The summed E-state index contributed by atoms with van der Waals surface area (Å²) >= 11 is 7.08. The van der Waals surface area contributed by atoms with Crippen molar-refractivity contribution in [2.75, 3.05) is 0 Å². The standard InChI is InChI=1S/C19H17NO2S2/c21-18(22)16-8-6-15(7-9-16)12-17-13-20(19(23)24-17)11-10-14-4-2-1-3-5-14/h1-9,13H,10-12H2,(H,21,22). The number of nitrogens with zero attached hydrogens (tertiary/aromatic N) is 1. The van der Waals surface area contributed by atoms with E-state index in [0.29, 0.717) is 5.56 Å². The normalized spacial score (nSPS) is 10.7. The van der Waals surface area contributed by atoms with Crippen LogP contribution in [0.25, 0.3) is 0 Å². The summed E-state index contributed by atoms with van der Waals surface area (Å²) in [5.74, 6) is -0.899. The van der Waals surface area contributed by atoms with Crippen LogP contribution < -0.4 is 0 Å². The largest absolute Gasteiger partial charge is 0.478 e. The molecule has 5 heteroatoms. The molecule has 0 unspecified atom stereocenters. The Morgan fingerprint density at radius 3 is 2.42 bits per heavy atom. The van der Waals surface area contributed by atoms with Crippen LogP contribution >= 0.6 is 23.6 Å². The van der Waals surface area contributed by atoms with Crippen molar-refractivity contribution in [2.45, 2.75) is 19.4 Å². The number of carboxylic acids is 1. The second-order valence-corrected chi connectivity index (χ2v) is 7.33. The molecule has 0 saturated carbocycles. The lowest BCUT2D eigenvalue weighted by atomic mass is 10.1. The lowest BCUT2D eigenvalue weighted by Gasteiger charge is -2.03. The van der Waals surface area contributed by atoms with Crippen molar-refractivity contribution < 1.29 is 9.90 Å². The van der Waals surface area contributed by atoms with Gasteiger partial charge in [0.15, 0.2) is 3.95 Å². The molecule has 0 fully saturated rings. The van der Waals surface area contributed by atoms with E-state index in [1.807, 2.05) is 18.2 Å². The molecule has 1 N–H and O–H groups in total. The first-order valence-corrected chi connectivity index (χ1v) is 8.89. The van der Waals surface area contributed by atoms with Crippen LogP contribution in [0.1, 0.15) is 26.4 Å². The molecular formula is C19H17NO2S2. The van der Waals surface area contributed by atoms with Gasteiger partial charge in [0.2, 0.25) is 0 Å². The fourth-order valence-electron chi connectivity index (χ4n) is 2.52. The maximum atomic E-state index is 10.9. The highest BCUT2D eigenvalue weighted by molar-refractivity contribution is 7.73. The molecule has 3 nitrogen and oxygen atoms in total. The molecule has 3 aromatic rings. The number of thiazole rings is 1. The first-order chi connectivity index (χ1) is 11.6. The van der Waals surface area contributed by atoms with Gasteiger partial charge in [-0.25, -0.2) is 4.79 Å².